The number of hydrogen-bond donors (Lipinski definition) is 2. The minimum absolute atomic E-state index is 0.256. The number of H-pyrrole nitrogens is 1. The van der Waals surface area contributed by atoms with Gasteiger partial charge in [0, 0.05) is 42.5 Å². The minimum Gasteiger partial charge on any atom is -0.490 e. The molecule has 0 atom stereocenters. The number of rotatable bonds is 5. The van der Waals surface area contributed by atoms with Gasteiger partial charge in [-0.25, -0.2) is 9.97 Å². The van der Waals surface area contributed by atoms with Gasteiger partial charge < -0.3 is 15.0 Å². The SMILES string of the molecule is CC(C)N1CCC(Oc2ccc3cnc(Nc4ccc5n[nH]nc5c4)nc3c2)CC1. The van der Waals surface area contributed by atoms with Crippen LogP contribution in [0.5, 0.6) is 5.75 Å². The van der Waals surface area contributed by atoms with Crippen LogP contribution >= 0.6 is 0 Å². The highest BCUT2D eigenvalue weighted by Gasteiger charge is 2.22. The standard InChI is InChI=1S/C22H25N7O/c1-14(2)29-9-7-17(8-10-29)30-18-5-3-15-13-23-22(25-20(15)12-18)24-16-4-6-19-21(11-16)27-28-26-19/h3-6,11-14,17H,7-10H2,1-2H3,(H,23,24,25)(H,26,27,28). The average Bonchev–Trinajstić information content (AvgIpc) is 3.22. The van der Waals surface area contributed by atoms with Crippen molar-refractivity contribution >= 4 is 33.6 Å². The van der Waals surface area contributed by atoms with Crippen LogP contribution in [0.3, 0.4) is 0 Å². The van der Waals surface area contributed by atoms with Gasteiger partial charge in [-0.3, -0.25) is 0 Å². The van der Waals surface area contributed by atoms with Crippen LogP contribution in [-0.2, 0) is 0 Å². The molecule has 0 aliphatic carbocycles. The fourth-order valence-electron chi connectivity index (χ4n) is 3.89. The number of piperidine rings is 1. The molecular formula is C22H25N7O. The van der Waals surface area contributed by atoms with E-state index in [9.17, 15) is 0 Å². The highest BCUT2D eigenvalue weighted by Crippen LogP contribution is 2.25. The molecule has 1 aliphatic heterocycles. The fraction of sp³-hybridized carbons (Fsp3) is 0.364. The maximum atomic E-state index is 6.26. The predicted octanol–water partition coefficient (Wildman–Crippen LogP) is 3.90. The molecule has 0 amide bonds. The van der Waals surface area contributed by atoms with Gasteiger partial charge in [0.2, 0.25) is 5.95 Å². The molecule has 2 aromatic carbocycles. The van der Waals surface area contributed by atoms with E-state index in [0.29, 0.717) is 12.0 Å². The fourth-order valence-corrected chi connectivity index (χ4v) is 3.89. The Morgan fingerprint density at radius 2 is 1.87 bits per heavy atom. The van der Waals surface area contributed by atoms with Crippen molar-refractivity contribution in [2.24, 2.45) is 0 Å². The van der Waals surface area contributed by atoms with Gasteiger partial charge in [-0.1, -0.05) is 0 Å². The second kappa shape index (κ2) is 7.87. The normalized spacial score (nSPS) is 15.8. The number of ether oxygens (including phenoxy) is 1. The third-order valence-electron chi connectivity index (χ3n) is 5.64. The molecule has 4 aromatic rings. The van der Waals surface area contributed by atoms with E-state index in [1.807, 2.05) is 42.6 Å². The molecule has 0 spiro atoms. The molecule has 2 aromatic heterocycles. The molecule has 1 fully saturated rings. The van der Waals surface area contributed by atoms with Crippen LogP contribution in [0.2, 0.25) is 0 Å². The van der Waals surface area contributed by atoms with Gasteiger partial charge >= 0.3 is 0 Å². The summed E-state index contributed by atoms with van der Waals surface area (Å²) in [5.74, 6) is 1.40. The molecule has 0 bridgehead atoms. The van der Waals surface area contributed by atoms with E-state index >= 15 is 0 Å². The summed E-state index contributed by atoms with van der Waals surface area (Å²) in [4.78, 5) is 11.6. The zero-order valence-corrected chi connectivity index (χ0v) is 17.2. The Balaban J connectivity index is 1.31. The predicted molar refractivity (Wildman–Crippen MR) is 117 cm³/mol. The number of anilines is 2. The largest absolute Gasteiger partial charge is 0.490 e. The summed E-state index contributed by atoms with van der Waals surface area (Å²) < 4.78 is 6.26. The average molecular weight is 403 g/mol. The second-order valence-corrected chi connectivity index (χ2v) is 8.01. The summed E-state index contributed by atoms with van der Waals surface area (Å²) in [6, 6.07) is 12.4. The highest BCUT2D eigenvalue weighted by atomic mass is 16.5. The quantitative estimate of drug-likeness (QED) is 0.522. The zero-order valence-electron chi connectivity index (χ0n) is 17.2. The lowest BCUT2D eigenvalue weighted by Crippen LogP contribution is -2.41. The van der Waals surface area contributed by atoms with Crippen LogP contribution in [0, 0.1) is 0 Å². The van der Waals surface area contributed by atoms with Gasteiger partial charge in [0.05, 0.1) is 5.52 Å². The Morgan fingerprint density at radius 3 is 2.70 bits per heavy atom. The number of benzene rings is 2. The Labute approximate surface area is 174 Å². The number of aromatic nitrogens is 5. The molecule has 30 heavy (non-hydrogen) atoms. The Bertz CT molecular complexity index is 1160. The number of nitrogens with zero attached hydrogens (tertiary/aromatic N) is 5. The number of nitrogens with one attached hydrogen (secondary N) is 2. The van der Waals surface area contributed by atoms with Crippen molar-refractivity contribution in [3.8, 4) is 5.75 Å². The molecule has 8 nitrogen and oxygen atoms in total. The van der Waals surface area contributed by atoms with E-state index in [4.69, 9.17) is 4.74 Å². The summed E-state index contributed by atoms with van der Waals surface area (Å²) in [7, 11) is 0. The van der Waals surface area contributed by atoms with Crippen LogP contribution in [0.25, 0.3) is 21.9 Å². The minimum atomic E-state index is 0.256. The second-order valence-electron chi connectivity index (χ2n) is 8.01. The van der Waals surface area contributed by atoms with Gasteiger partial charge in [0.25, 0.3) is 0 Å². The maximum absolute atomic E-state index is 6.26. The van der Waals surface area contributed by atoms with Crippen molar-refractivity contribution in [3.63, 3.8) is 0 Å². The molecule has 2 N–H and O–H groups in total. The molecule has 1 aliphatic rings. The Kier molecular flexibility index (Phi) is 4.92. The summed E-state index contributed by atoms with van der Waals surface area (Å²) in [5, 5.41) is 15.0. The summed E-state index contributed by atoms with van der Waals surface area (Å²) >= 11 is 0. The zero-order chi connectivity index (χ0) is 20.5. The molecule has 0 radical (unpaired) electrons. The van der Waals surface area contributed by atoms with E-state index < -0.39 is 0 Å². The van der Waals surface area contributed by atoms with Crippen molar-refractivity contribution in [2.75, 3.05) is 18.4 Å². The van der Waals surface area contributed by atoms with Gasteiger partial charge in [-0.2, -0.15) is 15.4 Å². The highest BCUT2D eigenvalue weighted by molar-refractivity contribution is 5.82. The molecule has 3 heterocycles. The first kappa shape index (κ1) is 18.7. The number of likely N-dealkylation sites (tertiary alicyclic amines) is 1. The number of fused-ring (bicyclic) bond motifs is 2. The smallest absolute Gasteiger partial charge is 0.227 e. The van der Waals surface area contributed by atoms with Crippen molar-refractivity contribution in [3.05, 3.63) is 42.6 Å². The van der Waals surface area contributed by atoms with Crippen LogP contribution in [-0.4, -0.2) is 55.5 Å². The first-order chi connectivity index (χ1) is 14.6. The lowest BCUT2D eigenvalue weighted by Gasteiger charge is -2.34. The summed E-state index contributed by atoms with van der Waals surface area (Å²) in [6.45, 7) is 6.67. The molecule has 8 heteroatoms. The lowest BCUT2D eigenvalue weighted by molar-refractivity contribution is 0.0844. The molecule has 0 saturated carbocycles. The molecule has 5 rings (SSSR count). The number of hydrogen-bond acceptors (Lipinski definition) is 7. The van der Waals surface area contributed by atoms with Crippen LogP contribution in [0.4, 0.5) is 11.6 Å². The van der Waals surface area contributed by atoms with E-state index in [1.165, 1.54) is 0 Å². The van der Waals surface area contributed by atoms with Gasteiger partial charge in [-0.05, 0) is 57.0 Å². The van der Waals surface area contributed by atoms with Crippen molar-refractivity contribution in [1.82, 2.24) is 30.3 Å². The maximum Gasteiger partial charge on any atom is 0.227 e. The monoisotopic (exact) mass is 403 g/mol. The van der Waals surface area contributed by atoms with Gasteiger partial charge in [-0.15, -0.1) is 0 Å². The van der Waals surface area contributed by atoms with Crippen LogP contribution in [0.1, 0.15) is 26.7 Å². The first-order valence-electron chi connectivity index (χ1n) is 10.4. The van der Waals surface area contributed by atoms with Crippen LogP contribution < -0.4 is 10.1 Å². The van der Waals surface area contributed by atoms with E-state index in [1.54, 1.807) is 0 Å². The third kappa shape index (κ3) is 3.91. The van der Waals surface area contributed by atoms with Crippen molar-refractivity contribution in [2.45, 2.75) is 38.8 Å². The summed E-state index contributed by atoms with van der Waals surface area (Å²) in [6.07, 6.45) is 4.19. The van der Waals surface area contributed by atoms with E-state index in [2.05, 4.69) is 49.4 Å². The Hall–Kier alpha value is -3.26. The van der Waals surface area contributed by atoms with E-state index in [0.717, 1.165) is 59.3 Å². The van der Waals surface area contributed by atoms with Crippen LogP contribution in [0.15, 0.2) is 42.6 Å². The topological polar surface area (TPSA) is 91.8 Å². The number of aromatic amines is 1. The van der Waals surface area contributed by atoms with E-state index in [-0.39, 0.29) is 6.10 Å². The lowest BCUT2D eigenvalue weighted by atomic mass is 10.1. The molecule has 1 saturated heterocycles. The molecule has 0 unspecified atom stereocenters. The Morgan fingerprint density at radius 1 is 1.03 bits per heavy atom. The van der Waals surface area contributed by atoms with Gasteiger partial charge in [0.1, 0.15) is 22.9 Å². The first-order valence-corrected chi connectivity index (χ1v) is 10.4. The molecular weight excluding hydrogens is 378 g/mol. The third-order valence-corrected chi connectivity index (χ3v) is 5.64. The van der Waals surface area contributed by atoms with Gasteiger partial charge in [0.15, 0.2) is 0 Å². The molecule has 154 valence electrons. The van der Waals surface area contributed by atoms with Crippen molar-refractivity contribution < 1.29 is 4.74 Å². The summed E-state index contributed by atoms with van der Waals surface area (Å²) in [5.41, 5.74) is 3.33. The van der Waals surface area contributed by atoms with Crippen molar-refractivity contribution in [1.29, 1.82) is 0 Å².